The monoisotopic (exact) mass is 786 g/mol. The Morgan fingerprint density at radius 2 is 1.07 bits per heavy atom. The van der Waals surface area contributed by atoms with E-state index in [-0.39, 0.29) is 17.6 Å². The molecule has 0 aliphatic carbocycles. The van der Waals surface area contributed by atoms with Crippen molar-refractivity contribution in [3.63, 3.8) is 0 Å². The maximum absolute atomic E-state index is 12.6. The number of aromatic nitrogens is 8. The van der Waals surface area contributed by atoms with E-state index in [1.54, 1.807) is 0 Å². The number of rotatable bonds is 14. The van der Waals surface area contributed by atoms with E-state index in [2.05, 4.69) is 89.3 Å². The Morgan fingerprint density at radius 3 is 1.58 bits per heavy atom. The molecule has 2 atom stereocenters. The molecule has 0 amide bonds. The van der Waals surface area contributed by atoms with Crippen molar-refractivity contribution in [1.82, 2.24) is 40.8 Å². The van der Waals surface area contributed by atoms with E-state index < -0.39 is 5.79 Å². The number of nitrogens with one attached hydrogen (secondary N) is 2. The number of nitrogens with zero attached hydrogens (tertiary/aromatic N) is 6. The molecule has 4 aromatic carbocycles. The maximum Gasteiger partial charge on any atom is 0.203 e. The smallest absolute Gasteiger partial charge is 0.203 e. The summed E-state index contributed by atoms with van der Waals surface area (Å²) in [4.78, 5) is 21.1. The Bertz CT molecular complexity index is 2580. The number of aromatic amines is 2. The van der Waals surface area contributed by atoms with Crippen LogP contribution in [0.2, 0.25) is 0 Å². The summed E-state index contributed by atoms with van der Waals surface area (Å²) in [5.74, 6) is 0.456. The van der Waals surface area contributed by atoms with E-state index in [1.807, 2.05) is 84.9 Å². The summed E-state index contributed by atoms with van der Waals surface area (Å²) in [6.45, 7) is 1.22. The highest BCUT2D eigenvalue weighted by Gasteiger charge is 2.38. The molecule has 6 N–H and O–H groups in total. The molecule has 2 unspecified atom stereocenters. The molecule has 5 heterocycles. The number of hydrogen-bond acceptors (Lipinski definition) is 11. The number of benzene rings is 4. The Kier molecular flexibility index (Phi) is 12.0. The van der Waals surface area contributed by atoms with Gasteiger partial charge in [-0.15, -0.1) is 10.2 Å². The molecule has 13 nitrogen and oxygen atoms in total. The maximum atomic E-state index is 12.6. The van der Waals surface area contributed by atoms with Gasteiger partial charge in [0, 0.05) is 37.5 Å². The van der Waals surface area contributed by atoms with Gasteiger partial charge < -0.3 is 20.9 Å². The number of Topliss-reactive ketones (excluding diaryl/α,β-unsaturated/α-hetero) is 1. The van der Waals surface area contributed by atoms with Crippen LogP contribution >= 0.6 is 0 Å². The van der Waals surface area contributed by atoms with Crippen molar-refractivity contribution in [2.75, 3.05) is 24.7 Å². The van der Waals surface area contributed by atoms with E-state index in [0.717, 1.165) is 40.6 Å². The molecule has 13 heteroatoms. The normalized spacial score (nSPS) is 14.4. The number of fused-ring (bicyclic) bond motifs is 2. The van der Waals surface area contributed by atoms with E-state index >= 15 is 0 Å². The van der Waals surface area contributed by atoms with Crippen LogP contribution in [0.15, 0.2) is 133 Å². The lowest BCUT2D eigenvalue weighted by Crippen LogP contribution is -2.33. The molecule has 0 bridgehead atoms. The molecule has 8 aromatic rings. The van der Waals surface area contributed by atoms with Crippen molar-refractivity contribution in [1.29, 1.82) is 0 Å². The van der Waals surface area contributed by atoms with Crippen LogP contribution in [0.4, 0.5) is 11.6 Å². The minimum absolute atomic E-state index is 0.0150. The van der Waals surface area contributed by atoms with Crippen LogP contribution in [-0.2, 0) is 27.1 Å². The van der Waals surface area contributed by atoms with E-state index in [0.29, 0.717) is 67.3 Å². The molecule has 4 aromatic heterocycles. The summed E-state index contributed by atoms with van der Waals surface area (Å²) in [6.07, 6.45) is 3.84. The second kappa shape index (κ2) is 18.2. The fraction of sp³-hybridized carbons (Fsp3) is 0.239. The molecule has 0 spiro atoms. The van der Waals surface area contributed by atoms with Crippen molar-refractivity contribution in [3.8, 4) is 0 Å². The summed E-state index contributed by atoms with van der Waals surface area (Å²) in [5, 5.41) is 22.1. The first-order chi connectivity index (χ1) is 28.9. The number of carbonyl (C=O) groups is 1. The van der Waals surface area contributed by atoms with Crippen LogP contribution in [0, 0.1) is 0 Å². The van der Waals surface area contributed by atoms with E-state index in [9.17, 15) is 4.79 Å². The SMILES string of the molecule is Nc1cc(C(CCC(=O)Cc2ccccc2)c2ccccc2)c2n[nH]nc2n1.Nc1cc(C(CCC2(Cc3ccccc3)OCCO2)c2ccccc2)c2n[nH]nc2n1. The zero-order valence-electron chi connectivity index (χ0n) is 32.6. The third kappa shape index (κ3) is 9.49. The minimum atomic E-state index is -0.629. The number of ketones is 1. The summed E-state index contributed by atoms with van der Waals surface area (Å²) in [7, 11) is 0. The van der Waals surface area contributed by atoms with Crippen LogP contribution in [0.25, 0.3) is 22.3 Å². The van der Waals surface area contributed by atoms with Crippen LogP contribution < -0.4 is 11.5 Å². The van der Waals surface area contributed by atoms with Gasteiger partial charge in [0.2, 0.25) is 11.3 Å². The van der Waals surface area contributed by atoms with Crippen molar-refractivity contribution in [2.24, 2.45) is 0 Å². The number of anilines is 2. The highest BCUT2D eigenvalue weighted by molar-refractivity contribution is 5.82. The van der Waals surface area contributed by atoms with Gasteiger partial charge in [-0.25, -0.2) is 9.97 Å². The Labute approximate surface area is 341 Å². The van der Waals surface area contributed by atoms with Crippen LogP contribution in [0.3, 0.4) is 0 Å². The molecular weight excluding hydrogens is 741 g/mol. The average molecular weight is 787 g/mol. The zero-order chi connectivity index (χ0) is 40.4. The number of H-pyrrole nitrogens is 2. The van der Waals surface area contributed by atoms with Crippen LogP contribution in [-0.4, -0.2) is 65.6 Å². The third-order valence-electron chi connectivity index (χ3n) is 10.7. The van der Waals surface area contributed by atoms with Crippen molar-refractivity contribution in [3.05, 3.63) is 167 Å². The lowest BCUT2D eigenvalue weighted by atomic mass is 9.85. The third-order valence-corrected chi connectivity index (χ3v) is 10.7. The fourth-order valence-corrected chi connectivity index (χ4v) is 7.98. The number of ether oxygens (including phenoxy) is 2. The van der Waals surface area contributed by atoms with Gasteiger partial charge in [0.05, 0.1) is 13.2 Å². The van der Waals surface area contributed by atoms with Crippen molar-refractivity contribution < 1.29 is 14.3 Å². The van der Waals surface area contributed by atoms with Gasteiger partial charge in [-0.3, -0.25) is 4.79 Å². The summed E-state index contributed by atoms with van der Waals surface area (Å²) < 4.78 is 12.3. The number of carbonyl (C=O) groups excluding carboxylic acids is 1. The molecule has 0 radical (unpaired) electrons. The average Bonchev–Trinajstić information content (AvgIpc) is 4.05. The van der Waals surface area contributed by atoms with Gasteiger partial charge >= 0.3 is 0 Å². The van der Waals surface area contributed by atoms with Crippen LogP contribution in [0.5, 0.6) is 0 Å². The topological polar surface area (TPSA) is 196 Å². The van der Waals surface area contributed by atoms with Gasteiger partial charge in [0.1, 0.15) is 28.5 Å². The summed E-state index contributed by atoms with van der Waals surface area (Å²) in [5.41, 5.74) is 21.1. The second-order valence-corrected chi connectivity index (χ2v) is 14.7. The number of pyridine rings is 2. The lowest BCUT2D eigenvalue weighted by molar-refractivity contribution is -0.162. The van der Waals surface area contributed by atoms with Gasteiger partial charge in [-0.05, 0) is 58.4 Å². The minimum Gasteiger partial charge on any atom is -0.384 e. The lowest BCUT2D eigenvalue weighted by Gasteiger charge is -2.30. The molecule has 0 saturated carbocycles. The first-order valence-electron chi connectivity index (χ1n) is 19.8. The molecule has 1 aliphatic rings. The molecular formula is C46H46N10O3. The second-order valence-electron chi connectivity index (χ2n) is 14.7. The zero-order valence-corrected chi connectivity index (χ0v) is 32.6. The fourth-order valence-electron chi connectivity index (χ4n) is 7.98. The first-order valence-corrected chi connectivity index (χ1v) is 19.8. The largest absolute Gasteiger partial charge is 0.384 e. The highest BCUT2D eigenvalue weighted by atomic mass is 16.7. The molecule has 298 valence electrons. The van der Waals surface area contributed by atoms with Gasteiger partial charge in [0.15, 0.2) is 5.79 Å². The van der Waals surface area contributed by atoms with Gasteiger partial charge in [-0.2, -0.15) is 20.6 Å². The van der Waals surface area contributed by atoms with E-state index in [1.165, 1.54) is 11.1 Å². The molecule has 9 rings (SSSR count). The van der Waals surface area contributed by atoms with Gasteiger partial charge in [-0.1, -0.05) is 121 Å². The first kappa shape index (κ1) is 39.0. The standard InChI is InChI=1S/C24H25N5O2.C22H21N5O/c25-21-15-20(22-23(26-21)28-29-27-22)19(18-9-5-2-6-10-18)11-12-24(30-13-14-31-24)16-17-7-3-1-4-8-17;23-20-14-19(21-22(24-20)26-27-25-21)18(16-9-5-2-6-10-16)12-11-17(28)13-15-7-3-1-4-8-15/h1-10,15,19H,11-14,16H2,(H3,25,26,27,28,29);1-10,14,18H,11-13H2,(H3,23,24,25,26,27). The van der Waals surface area contributed by atoms with Crippen molar-refractivity contribution in [2.45, 2.75) is 56.1 Å². The number of nitrogens with two attached hydrogens (primary N) is 2. The van der Waals surface area contributed by atoms with Crippen LogP contribution in [0.1, 0.15) is 70.9 Å². The Morgan fingerprint density at radius 1 is 0.610 bits per heavy atom. The van der Waals surface area contributed by atoms with E-state index in [4.69, 9.17) is 20.9 Å². The molecule has 1 saturated heterocycles. The molecule has 1 fully saturated rings. The number of nitrogen functional groups attached to an aromatic ring is 2. The molecule has 1 aliphatic heterocycles. The summed E-state index contributed by atoms with van der Waals surface area (Å²) in [6, 6.07) is 44.4. The predicted octanol–water partition coefficient (Wildman–Crippen LogP) is 7.49. The Balaban J connectivity index is 0.000000165. The summed E-state index contributed by atoms with van der Waals surface area (Å²) >= 11 is 0. The highest BCUT2D eigenvalue weighted by Crippen LogP contribution is 2.39. The molecule has 59 heavy (non-hydrogen) atoms. The predicted molar refractivity (Wildman–Crippen MR) is 227 cm³/mol. The van der Waals surface area contributed by atoms with Crippen molar-refractivity contribution >= 4 is 39.7 Å². The quantitative estimate of drug-likeness (QED) is 0.0852. The van der Waals surface area contributed by atoms with Gasteiger partial charge in [0.25, 0.3) is 0 Å². The number of hydrogen-bond donors (Lipinski definition) is 4. The Hall–Kier alpha value is -6.83.